The van der Waals surface area contributed by atoms with Crippen LogP contribution in [0.15, 0.2) is 22.7 Å². The highest BCUT2D eigenvalue weighted by Gasteiger charge is 2.22. The molecule has 1 saturated heterocycles. The standard InChI is InChI=1S/C9H8BrClO/c10-9-2-1-7(11)3-8(9)6-4-12-5-6/h1-3,6H,4-5H2. The Hall–Kier alpha value is -0.0500. The first kappa shape index (κ1) is 8.54. The van der Waals surface area contributed by atoms with Crippen molar-refractivity contribution >= 4 is 27.5 Å². The molecular formula is C9H8BrClO. The zero-order chi connectivity index (χ0) is 8.55. The second kappa shape index (κ2) is 3.36. The molecule has 1 aromatic carbocycles. The summed E-state index contributed by atoms with van der Waals surface area (Å²) in [5, 5.41) is 0.792. The maximum Gasteiger partial charge on any atom is 0.0557 e. The van der Waals surface area contributed by atoms with E-state index < -0.39 is 0 Å². The number of rotatable bonds is 1. The van der Waals surface area contributed by atoms with E-state index >= 15 is 0 Å². The lowest BCUT2D eigenvalue weighted by Gasteiger charge is -2.27. The van der Waals surface area contributed by atoms with Crippen LogP contribution in [0.4, 0.5) is 0 Å². The molecule has 0 N–H and O–H groups in total. The Kier molecular flexibility index (Phi) is 2.40. The van der Waals surface area contributed by atoms with Crippen LogP contribution in [-0.2, 0) is 4.74 Å². The van der Waals surface area contributed by atoms with Crippen molar-refractivity contribution in [3.63, 3.8) is 0 Å². The van der Waals surface area contributed by atoms with Crippen LogP contribution < -0.4 is 0 Å². The Labute approximate surface area is 84.8 Å². The van der Waals surface area contributed by atoms with Crippen molar-refractivity contribution in [2.24, 2.45) is 0 Å². The van der Waals surface area contributed by atoms with Crippen LogP contribution in [0.5, 0.6) is 0 Å². The van der Waals surface area contributed by atoms with E-state index in [1.165, 1.54) is 5.56 Å². The molecule has 0 saturated carbocycles. The van der Waals surface area contributed by atoms with Gasteiger partial charge in [0.2, 0.25) is 0 Å². The van der Waals surface area contributed by atoms with Gasteiger partial charge in [-0.1, -0.05) is 27.5 Å². The minimum atomic E-state index is 0.526. The molecule has 12 heavy (non-hydrogen) atoms. The Balaban J connectivity index is 2.34. The molecule has 0 radical (unpaired) electrons. The van der Waals surface area contributed by atoms with Crippen LogP contribution in [0.2, 0.25) is 5.02 Å². The van der Waals surface area contributed by atoms with Crippen molar-refractivity contribution in [1.82, 2.24) is 0 Å². The van der Waals surface area contributed by atoms with Crippen molar-refractivity contribution < 1.29 is 4.74 Å². The molecule has 0 unspecified atom stereocenters. The summed E-state index contributed by atoms with van der Waals surface area (Å²) >= 11 is 9.37. The first-order valence-electron chi connectivity index (χ1n) is 3.80. The summed E-state index contributed by atoms with van der Waals surface area (Å²) in [5.41, 5.74) is 1.26. The summed E-state index contributed by atoms with van der Waals surface area (Å²) in [6, 6.07) is 5.86. The molecule has 0 aliphatic carbocycles. The van der Waals surface area contributed by atoms with E-state index in [1.807, 2.05) is 18.2 Å². The lowest BCUT2D eigenvalue weighted by atomic mass is 9.98. The highest BCUT2D eigenvalue weighted by atomic mass is 79.9. The summed E-state index contributed by atoms with van der Waals surface area (Å²) < 4.78 is 6.25. The molecule has 64 valence electrons. The highest BCUT2D eigenvalue weighted by Crippen LogP contribution is 2.32. The summed E-state index contributed by atoms with van der Waals surface area (Å²) in [6.45, 7) is 1.64. The van der Waals surface area contributed by atoms with Crippen LogP contribution >= 0.6 is 27.5 Å². The van der Waals surface area contributed by atoms with Crippen LogP contribution in [0, 0.1) is 0 Å². The fraction of sp³-hybridized carbons (Fsp3) is 0.333. The van der Waals surface area contributed by atoms with Crippen molar-refractivity contribution in [3.8, 4) is 0 Å². The van der Waals surface area contributed by atoms with Gasteiger partial charge < -0.3 is 4.74 Å². The van der Waals surface area contributed by atoms with E-state index in [0.29, 0.717) is 5.92 Å². The molecule has 0 spiro atoms. The largest absolute Gasteiger partial charge is 0.380 e. The number of ether oxygens (including phenoxy) is 1. The maximum absolute atomic E-state index is 5.88. The second-order valence-electron chi connectivity index (χ2n) is 2.90. The molecular weight excluding hydrogens is 239 g/mol. The normalized spacial score (nSPS) is 17.5. The zero-order valence-corrected chi connectivity index (χ0v) is 8.73. The third-order valence-corrected chi connectivity index (χ3v) is 2.99. The van der Waals surface area contributed by atoms with Gasteiger partial charge in [-0.2, -0.15) is 0 Å². The van der Waals surface area contributed by atoms with Gasteiger partial charge in [-0.3, -0.25) is 0 Å². The van der Waals surface area contributed by atoms with Crippen molar-refractivity contribution in [3.05, 3.63) is 33.3 Å². The van der Waals surface area contributed by atoms with Crippen LogP contribution in [0.25, 0.3) is 0 Å². The van der Waals surface area contributed by atoms with Gasteiger partial charge in [0.25, 0.3) is 0 Å². The number of hydrogen-bond donors (Lipinski definition) is 0. The molecule has 1 fully saturated rings. The van der Waals surface area contributed by atoms with E-state index in [1.54, 1.807) is 0 Å². The lowest BCUT2D eigenvalue weighted by molar-refractivity contribution is 0.00814. The molecule has 1 aliphatic rings. The van der Waals surface area contributed by atoms with Crippen LogP contribution in [0.1, 0.15) is 11.5 Å². The number of hydrogen-bond acceptors (Lipinski definition) is 1. The molecule has 0 bridgehead atoms. The monoisotopic (exact) mass is 246 g/mol. The quantitative estimate of drug-likeness (QED) is 0.740. The SMILES string of the molecule is Clc1ccc(Br)c(C2COC2)c1. The Bertz CT molecular complexity index is 297. The molecule has 0 atom stereocenters. The van der Waals surface area contributed by atoms with Crippen molar-refractivity contribution in [1.29, 1.82) is 0 Å². The van der Waals surface area contributed by atoms with Crippen LogP contribution in [-0.4, -0.2) is 13.2 Å². The topological polar surface area (TPSA) is 9.23 Å². The molecule has 1 heterocycles. The Morgan fingerprint density at radius 3 is 2.75 bits per heavy atom. The van der Waals surface area contributed by atoms with Crippen LogP contribution in [0.3, 0.4) is 0 Å². The Morgan fingerprint density at radius 1 is 1.42 bits per heavy atom. The third kappa shape index (κ3) is 1.51. The van der Waals surface area contributed by atoms with E-state index in [2.05, 4.69) is 15.9 Å². The number of halogens is 2. The lowest BCUT2D eigenvalue weighted by Crippen LogP contribution is -2.25. The summed E-state index contributed by atoms with van der Waals surface area (Å²) in [4.78, 5) is 0. The van der Waals surface area contributed by atoms with Gasteiger partial charge >= 0.3 is 0 Å². The van der Waals surface area contributed by atoms with Gasteiger partial charge in [-0.15, -0.1) is 0 Å². The minimum absolute atomic E-state index is 0.526. The molecule has 3 heteroatoms. The van der Waals surface area contributed by atoms with E-state index in [4.69, 9.17) is 16.3 Å². The van der Waals surface area contributed by atoms with E-state index in [9.17, 15) is 0 Å². The smallest absolute Gasteiger partial charge is 0.0557 e. The van der Waals surface area contributed by atoms with Gasteiger partial charge in [0.1, 0.15) is 0 Å². The molecule has 1 aromatic rings. The van der Waals surface area contributed by atoms with Gasteiger partial charge in [0.15, 0.2) is 0 Å². The predicted octanol–water partition coefficient (Wildman–Crippen LogP) is 3.22. The summed E-state index contributed by atoms with van der Waals surface area (Å²) in [7, 11) is 0. The average molecular weight is 248 g/mol. The van der Waals surface area contributed by atoms with Gasteiger partial charge in [0.05, 0.1) is 13.2 Å². The number of benzene rings is 1. The fourth-order valence-electron chi connectivity index (χ4n) is 1.24. The maximum atomic E-state index is 5.88. The van der Waals surface area contributed by atoms with Crippen molar-refractivity contribution in [2.75, 3.05) is 13.2 Å². The molecule has 1 nitrogen and oxygen atoms in total. The summed E-state index contributed by atoms with van der Waals surface area (Å²) in [6.07, 6.45) is 0. The van der Waals surface area contributed by atoms with E-state index in [0.717, 1.165) is 22.7 Å². The molecule has 2 rings (SSSR count). The van der Waals surface area contributed by atoms with Gasteiger partial charge in [-0.05, 0) is 23.8 Å². The van der Waals surface area contributed by atoms with Gasteiger partial charge in [-0.25, -0.2) is 0 Å². The molecule has 0 aromatic heterocycles. The highest BCUT2D eigenvalue weighted by molar-refractivity contribution is 9.10. The first-order valence-corrected chi connectivity index (χ1v) is 4.97. The fourth-order valence-corrected chi connectivity index (χ4v) is 1.99. The van der Waals surface area contributed by atoms with E-state index in [-0.39, 0.29) is 0 Å². The molecule has 1 aliphatic heterocycles. The summed E-state index contributed by atoms with van der Waals surface area (Å²) in [5.74, 6) is 0.526. The third-order valence-electron chi connectivity index (χ3n) is 2.04. The minimum Gasteiger partial charge on any atom is -0.380 e. The van der Waals surface area contributed by atoms with Gasteiger partial charge in [0, 0.05) is 15.4 Å². The zero-order valence-electron chi connectivity index (χ0n) is 6.39. The predicted molar refractivity (Wildman–Crippen MR) is 52.7 cm³/mol. The first-order chi connectivity index (χ1) is 5.77. The average Bonchev–Trinajstić information content (AvgIpc) is 1.93. The molecule has 0 amide bonds. The second-order valence-corrected chi connectivity index (χ2v) is 4.19. The van der Waals surface area contributed by atoms with Crippen molar-refractivity contribution in [2.45, 2.75) is 5.92 Å². The Morgan fingerprint density at radius 2 is 2.17 bits per heavy atom.